The maximum atomic E-state index is 12.1. The van der Waals surface area contributed by atoms with Gasteiger partial charge in [-0.1, -0.05) is 0 Å². The zero-order valence-electron chi connectivity index (χ0n) is 11.1. The summed E-state index contributed by atoms with van der Waals surface area (Å²) in [6, 6.07) is 0. The minimum Gasteiger partial charge on any atom is -0.443 e. The molecule has 1 heterocycles. The fourth-order valence-corrected chi connectivity index (χ4v) is 4.17. The van der Waals surface area contributed by atoms with E-state index in [1.54, 1.807) is 27.7 Å². The molecule has 104 valence electrons. The minimum atomic E-state index is -4.02. The number of carbonyl (C=O) groups is 1. The van der Waals surface area contributed by atoms with Crippen LogP contribution in [0.25, 0.3) is 0 Å². The zero-order chi connectivity index (χ0) is 13.8. The molecule has 2 aliphatic rings. The SMILES string of the molecule is CC(C)(C)OC(=O)N1[C@]2(C)CCC[C@@H]2OS1(=O)=O. The van der Waals surface area contributed by atoms with Gasteiger partial charge >= 0.3 is 16.4 Å². The van der Waals surface area contributed by atoms with Crippen molar-refractivity contribution in [1.82, 2.24) is 4.31 Å². The van der Waals surface area contributed by atoms with Crippen LogP contribution < -0.4 is 0 Å². The van der Waals surface area contributed by atoms with Crippen molar-refractivity contribution in [3.63, 3.8) is 0 Å². The lowest BCUT2D eigenvalue weighted by molar-refractivity contribution is 0.0241. The number of hydrogen-bond donors (Lipinski definition) is 0. The van der Waals surface area contributed by atoms with Gasteiger partial charge in [0.05, 0.1) is 5.54 Å². The Labute approximate surface area is 107 Å². The van der Waals surface area contributed by atoms with Gasteiger partial charge in [0.2, 0.25) is 0 Å². The summed E-state index contributed by atoms with van der Waals surface area (Å²) in [5.41, 5.74) is -1.54. The van der Waals surface area contributed by atoms with E-state index in [-0.39, 0.29) is 0 Å². The van der Waals surface area contributed by atoms with Crippen molar-refractivity contribution >= 4 is 16.4 Å². The van der Waals surface area contributed by atoms with Gasteiger partial charge < -0.3 is 4.74 Å². The zero-order valence-corrected chi connectivity index (χ0v) is 11.9. The van der Waals surface area contributed by atoms with E-state index in [2.05, 4.69) is 0 Å². The second kappa shape index (κ2) is 3.84. The topological polar surface area (TPSA) is 72.9 Å². The third-order valence-electron chi connectivity index (χ3n) is 3.33. The molecule has 0 aromatic carbocycles. The highest BCUT2D eigenvalue weighted by atomic mass is 32.2. The summed E-state index contributed by atoms with van der Waals surface area (Å²) >= 11 is 0. The van der Waals surface area contributed by atoms with Crippen molar-refractivity contribution in [1.29, 1.82) is 0 Å². The van der Waals surface area contributed by atoms with Gasteiger partial charge in [-0.3, -0.25) is 0 Å². The fourth-order valence-electron chi connectivity index (χ4n) is 2.55. The first kappa shape index (κ1) is 13.6. The van der Waals surface area contributed by atoms with Crippen molar-refractivity contribution in [2.45, 2.75) is 64.2 Å². The highest BCUT2D eigenvalue weighted by molar-refractivity contribution is 7.85. The van der Waals surface area contributed by atoms with Crippen molar-refractivity contribution in [3.05, 3.63) is 0 Å². The second-order valence-corrected chi connectivity index (χ2v) is 7.45. The first-order valence-electron chi connectivity index (χ1n) is 6.03. The summed E-state index contributed by atoms with van der Waals surface area (Å²) in [4.78, 5) is 12.1. The molecule has 1 amide bonds. The summed E-state index contributed by atoms with van der Waals surface area (Å²) in [6.45, 7) is 6.83. The largest absolute Gasteiger partial charge is 0.443 e. The molecule has 0 aromatic heterocycles. The van der Waals surface area contributed by atoms with Gasteiger partial charge in [-0.05, 0) is 47.0 Å². The average Bonchev–Trinajstić information content (AvgIpc) is 2.50. The Morgan fingerprint density at radius 2 is 2.06 bits per heavy atom. The summed E-state index contributed by atoms with van der Waals surface area (Å²) < 4.78 is 34.8. The van der Waals surface area contributed by atoms with Crippen LogP contribution in [-0.2, 0) is 19.2 Å². The van der Waals surface area contributed by atoms with Gasteiger partial charge in [-0.2, -0.15) is 12.7 Å². The van der Waals surface area contributed by atoms with E-state index in [0.29, 0.717) is 12.8 Å². The number of ether oxygens (including phenoxy) is 1. The Bertz CT molecular complexity index is 466. The van der Waals surface area contributed by atoms with Gasteiger partial charge in [0.15, 0.2) is 0 Å². The Morgan fingerprint density at radius 1 is 1.44 bits per heavy atom. The molecule has 1 aliphatic heterocycles. The second-order valence-electron chi connectivity index (χ2n) is 6.04. The van der Waals surface area contributed by atoms with Crippen LogP contribution in [0, 0.1) is 0 Å². The molecular formula is C11H19NO5S. The van der Waals surface area contributed by atoms with Crippen LogP contribution in [0.3, 0.4) is 0 Å². The maximum Gasteiger partial charge on any atom is 0.426 e. The van der Waals surface area contributed by atoms with Gasteiger partial charge in [-0.15, -0.1) is 0 Å². The summed E-state index contributed by atoms with van der Waals surface area (Å²) in [5.74, 6) is 0. The smallest absolute Gasteiger partial charge is 0.426 e. The molecule has 2 atom stereocenters. The van der Waals surface area contributed by atoms with Crippen LogP contribution >= 0.6 is 0 Å². The average molecular weight is 277 g/mol. The van der Waals surface area contributed by atoms with E-state index >= 15 is 0 Å². The molecule has 0 spiro atoms. The number of nitrogens with zero attached hydrogens (tertiary/aromatic N) is 1. The van der Waals surface area contributed by atoms with Crippen molar-refractivity contribution in [2.75, 3.05) is 0 Å². The molecule has 0 unspecified atom stereocenters. The lowest BCUT2D eigenvalue weighted by Crippen LogP contribution is -2.50. The minimum absolute atomic E-state index is 0.449. The van der Waals surface area contributed by atoms with Crippen LogP contribution in [-0.4, -0.2) is 36.1 Å². The molecule has 6 nitrogen and oxygen atoms in total. The maximum absolute atomic E-state index is 12.1. The molecule has 0 bridgehead atoms. The number of amides is 1. The summed E-state index contributed by atoms with van der Waals surface area (Å²) in [5, 5.41) is 0. The molecule has 1 aliphatic carbocycles. The molecule has 1 saturated carbocycles. The Hall–Kier alpha value is -0.820. The van der Waals surface area contributed by atoms with E-state index in [1.165, 1.54) is 0 Å². The van der Waals surface area contributed by atoms with Crippen molar-refractivity contribution in [3.8, 4) is 0 Å². The molecule has 0 radical (unpaired) electrons. The van der Waals surface area contributed by atoms with Gasteiger partial charge in [-0.25, -0.2) is 8.98 Å². The van der Waals surface area contributed by atoms with Crippen LogP contribution in [0.15, 0.2) is 0 Å². The lowest BCUT2D eigenvalue weighted by Gasteiger charge is -2.31. The first-order chi connectivity index (χ1) is 8.06. The molecule has 7 heteroatoms. The summed E-state index contributed by atoms with van der Waals surface area (Å²) in [6.07, 6.45) is 0.797. The fraction of sp³-hybridized carbons (Fsp3) is 0.909. The standard InChI is InChI=1S/C11H19NO5S/c1-10(2,3)16-9(13)12-11(4)7-5-6-8(11)17-18(12,14)15/h8H,5-7H2,1-4H3/t8-,11+/m0/s1. The lowest BCUT2D eigenvalue weighted by atomic mass is 9.98. The van der Waals surface area contributed by atoms with Crippen LogP contribution in [0.1, 0.15) is 47.0 Å². The van der Waals surface area contributed by atoms with E-state index in [9.17, 15) is 13.2 Å². The highest BCUT2D eigenvalue weighted by Crippen LogP contribution is 2.45. The number of hydrogen-bond acceptors (Lipinski definition) is 5. The van der Waals surface area contributed by atoms with Crippen LogP contribution in [0.4, 0.5) is 4.79 Å². The highest BCUT2D eigenvalue weighted by Gasteiger charge is 2.60. The molecule has 1 saturated heterocycles. The monoisotopic (exact) mass is 277 g/mol. The van der Waals surface area contributed by atoms with Gasteiger partial charge in [0.25, 0.3) is 0 Å². The number of fused-ring (bicyclic) bond motifs is 1. The number of rotatable bonds is 0. The molecular weight excluding hydrogens is 258 g/mol. The van der Waals surface area contributed by atoms with E-state index in [0.717, 1.165) is 10.7 Å². The van der Waals surface area contributed by atoms with Crippen LogP contribution in [0.5, 0.6) is 0 Å². The Kier molecular flexibility index (Phi) is 2.90. The molecule has 0 N–H and O–H groups in total. The Balaban J connectivity index is 2.32. The van der Waals surface area contributed by atoms with E-state index in [1.807, 2.05) is 0 Å². The molecule has 2 rings (SSSR count). The summed E-state index contributed by atoms with van der Waals surface area (Å²) in [7, 11) is -4.02. The quantitative estimate of drug-likeness (QED) is 0.675. The van der Waals surface area contributed by atoms with Crippen molar-refractivity contribution in [2.24, 2.45) is 0 Å². The number of carbonyl (C=O) groups excluding carboxylic acids is 1. The predicted octanol–water partition coefficient (Wildman–Crippen LogP) is 1.81. The molecule has 0 aromatic rings. The van der Waals surface area contributed by atoms with Crippen LogP contribution in [0.2, 0.25) is 0 Å². The third-order valence-corrected chi connectivity index (χ3v) is 4.82. The predicted molar refractivity (Wildman–Crippen MR) is 64.1 cm³/mol. The Morgan fingerprint density at radius 3 is 2.61 bits per heavy atom. The molecule has 2 fully saturated rings. The van der Waals surface area contributed by atoms with Gasteiger partial charge in [0, 0.05) is 0 Å². The van der Waals surface area contributed by atoms with Crippen molar-refractivity contribution < 1.29 is 22.1 Å². The van der Waals surface area contributed by atoms with Gasteiger partial charge in [0.1, 0.15) is 11.7 Å². The van der Waals surface area contributed by atoms with E-state index < -0.39 is 33.6 Å². The van der Waals surface area contributed by atoms with E-state index in [4.69, 9.17) is 8.92 Å². The normalized spacial score (nSPS) is 34.4. The third kappa shape index (κ3) is 2.09. The molecule has 18 heavy (non-hydrogen) atoms. The first-order valence-corrected chi connectivity index (χ1v) is 7.39.